The Morgan fingerprint density at radius 3 is 2.43 bits per heavy atom. The van der Waals surface area contributed by atoms with Gasteiger partial charge in [-0.3, -0.25) is 4.79 Å². The Labute approximate surface area is 177 Å². The van der Waals surface area contributed by atoms with Gasteiger partial charge in [-0.15, -0.1) is 0 Å². The van der Waals surface area contributed by atoms with E-state index in [9.17, 15) is 9.59 Å². The highest BCUT2D eigenvalue weighted by Gasteiger charge is 2.24. The van der Waals surface area contributed by atoms with E-state index in [-0.39, 0.29) is 18.0 Å². The highest BCUT2D eigenvalue weighted by atomic mass is 16.5. The lowest BCUT2D eigenvalue weighted by Crippen LogP contribution is -2.40. The van der Waals surface area contributed by atoms with Crippen LogP contribution in [0.3, 0.4) is 0 Å². The van der Waals surface area contributed by atoms with Crippen LogP contribution in [0.2, 0.25) is 0 Å². The standard InChI is InChI=1S/C22H29N5O3/c1-14-13-23-22(26-19(14)27(2)3)25-18-10-8-17(9-11-18)24-20(28)15-6-5-7-16(12-15)21(29)30-4/h5-7,12-13,17-18H,8-11H2,1-4H3,(H,24,28)(H,23,25,26). The second-order valence-electron chi connectivity index (χ2n) is 7.83. The average molecular weight is 412 g/mol. The quantitative estimate of drug-likeness (QED) is 0.706. The molecule has 8 heteroatoms. The van der Waals surface area contributed by atoms with Crippen molar-refractivity contribution in [2.24, 2.45) is 0 Å². The summed E-state index contributed by atoms with van der Waals surface area (Å²) in [5.41, 5.74) is 1.86. The monoisotopic (exact) mass is 411 g/mol. The molecule has 0 unspecified atom stereocenters. The molecule has 0 saturated heterocycles. The van der Waals surface area contributed by atoms with Gasteiger partial charge in [-0.2, -0.15) is 4.98 Å². The van der Waals surface area contributed by atoms with Crippen LogP contribution in [-0.2, 0) is 4.74 Å². The molecule has 0 radical (unpaired) electrons. The number of aryl methyl sites for hydroxylation is 1. The van der Waals surface area contributed by atoms with Gasteiger partial charge >= 0.3 is 5.97 Å². The number of carbonyl (C=O) groups is 2. The van der Waals surface area contributed by atoms with Gasteiger partial charge in [0.1, 0.15) is 5.82 Å². The molecule has 30 heavy (non-hydrogen) atoms. The number of nitrogens with one attached hydrogen (secondary N) is 2. The molecule has 1 heterocycles. The molecule has 2 aromatic rings. The third kappa shape index (κ3) is 5.25. The van der Waals surface area contributed by atoms with Crippen LogP contribution >= 0.6 is 0 Å². The number of methoxy groups -OCH3 is 1. The third-order valence-electron chi connectivity index (χ3n) is 5.31. The number of nitrogens with zero attached hydrogens (tertiary/aromatic N) is 3. The maximum atomic E-state index is 12.6. The predicted octanol–water partition coefficient (Wildman–Crippen LogP) is 2.79. The Morgan fingerprint density at radius 2 is 1.77 bits per heavy atom. The lowest BCUT2D eigenvalue weighted by atomic mass is 9.91. The van der Waals surface area contributed by atoms with Crippen molar-refractivity contribution in [1.29, 1.82) is 0 Å². The van der Waals surface area contributed by atoms with Gasteiger partial charge in [0.15, 0.2) is 0 Å². The van der Waals surface area contributed by atoms with E-state index in [0.717, 1.165) is 37.1 Å². The van der Waals surface area contributed by atoms with Crippen molar-refractivity contribution >= 4 is 23.6 Å². The van der Waals surface area contributed by atoms with Gasteiger partial charge in [0, 0.05) is 43.5 Å². The minimum absolute atomic E-state index is 0.105. The van der Waals surface area contributed by atoms with E-state index in [1.807, 2.05) is 32.1 Å². The number of ether oxygens (including phenoxy) is 1. The van der Waals surface area contributed by atoms with Gasteiger partial charge in [-0.25, -0.2) is 9.78 Å². The van der Waals surface area contributed by atoms with E-state index in [1.165, 1.54) is 7.11 Å². The lowest BCUT2D eigenvalue weighted by Gasteiger charge is -2.30. The van der Waals surface area contributed by atoms with Crippen LogP contribution in [0.4, 0.5) is 11.8 Å². The summed E-state index contributed by atoms with van der Waals surface area (Å²) in [7, 11) is 5.26. The highest BCUT2D eigenvalue weighted by Crippen LogP contribution is 2.23. The Hall–Kier alpha value is -3.16. The third-order valence-corrected chi connectivity index (χ3v) is 5.31. The molecule has 1 fully saturated rings. The topological polar surface area (TPSA) is 96.5 Å². The number of anilines is 2. The number of esters is 1. The summed E-state index contributed by atoms with van der Waals surface area (Å²) in [6.45, 7) is 1.99. The van der Waals surface area contributed by atoms with Crippen LogP contribution < -0.4 is 15.5 Å². The molecule has 1 amide bonds. The summed E-state index contributed by atoms with van der Waals surface area (Å²) < 4.78 is 4.72. The maximum absolute atomic E-state index is 12.6. The van der Waals surface area contributed by atoms with Crippen LogP contribution in [0.25, 0.3) is 0 Å². The summed E-state index contributed by atoms with van der Waals surface area (Å²) in [6, 6.07) is 6.96. The molecule has 1 saturated carbocycles. The Kier molecular flexibility index (Phi) is 6.87. The van der Waals surface area contributed by atoms with Gasteiger partial charge in [0.2, 0.25) is 5.95 Å². The molecule has 1 aromatic heterocycles. The molecule has 2 N–H and O–H groups in total. The first-order valence-electron chi connectivity index (χ1n) is 10.1. The van der Waals surface area contributed by atoms with Gasteiger partial charge < -0.3 is 20.3 Å². The number of hydrogen-bond acceptors (Lipinski definition) is 7. The highest BCUT2D eigenvalue weighted by molar-refractivity contribution is 5.98. The van der Waals surface area contributed by atoms with Crippen molar-refractivity contribution in [2.75, 3.05) is 31.4 Å². The molecule has 8 nitrogen and oxygen atoms in total. The molecule has 0 aliphatic heterocycles. The average Bonchev–Trinajstić information content (AvgIpc) is 2.75. The Bertz CT molecular complexity index is 907. The van der Waals surface area contributed by atoms with Crippen LogP contribution in [0.1, 0.15) is 52.0 Å². The van der Waals surface area contributed by atoms with Crippen molar-refractivity contribution in [3.05, 3.63) is 47.2 Å². The van der Waals surface area contributed by atoms with E-state index in [1.54, 1.807) is 24.3 Å². The molecule has 1 aliphatic carbocycles. The molecular weight excluding hydrogens is 382 g/mol. The van der Waals surface area contributed by atoms with Crippen LogP contribution in [0, 0.1) is 6.92 Å². The number of aromatic nitrogens is 2. The summed E-state index contributed by atoms with van der Waals surface area (Å²) in [4.78, 5) is 35.2. The zero-order valence-corrected chi connectivity index (χ0v) is 17.9. The summed E-state index contributed by atoms with van der Waals surface area (Å²) in [5.74, 6) is 0.917. The molecule has 0 atom stereocenters. The first kappa shape index (κ1) is 21.5. The summed E-state index contributed by atoms with van der Waals surface area (Å²) in [6.07, 6.45) is 5.40. The predicted molar refractivity (Wildman–Crippen MR) is 116 cm³/mol. The Morgan fingerprint density at radius 1 is 1.10 bits per heavy atom. The zero-order chi connectivity index (χ0) is 21.7. The van der Waals surface area contributed by atoms with E-state index < -0.39 is 5.97 Å². The van der Waals surface area contributed by atoms with Crippen molar-refractivity contribution in [3.8, 4) is 0 Å². The molecular formula is C22H29N5O3. The fourth-order valence-electron chi connectivity index (χ4n) is 3.69. The number of rotatable bonds is 6. The lowest BCUT2D eigenvalue weighted by molar-refractivity contribution is 0.0600. The molecule has 3 rings (SSSR count). The van der Waals surface area contributed by atoms with E-state index in [2.05, 4.69) is 20.6 Å². The molecule has 0 spiro atoms. The Balaban J connectivity index is 1.53. The van der Waals surface area contributed by atoms with E-state index in [0.29, 0.717) is 17.1 Å². The van der Waals surface area contributed by atoms with Gasteiger partial charge in [-0.05, 0) is 50.8 Å². The molecule has 160 valence electrons. The minimum Gasteiger partial charge on any atom is -0.465 e. The largest absolute Gasteiger partial charge is 0.465 e. The summed E-state index contributed by atoms with van der Waals surface area (Å²) in [5, 5.41) is 6.50. The van der Waals surface area contributed by atoms with E-state index in [4.69, 9.17) is 4.74 Å². The van der Waals surface area contributed by atoms with Crippen molar-refractivity contribution in [3.63, 3.8) is 0 Å². The minimum atomic E-state index is -0.452. The normalized spacial score (nSPS) is 18.4. The maximum Gasteiger partial charge on any atom is 0.337 e. The van der Waals surface area contributed by atoms with Crippen molar-refractivity contribution in [2.45, 2.75) is 44.7 Å². The fraction of sp³-hybridized carbons (Fsp3) is 0.455. The number of benzene rings is 1. The number of amides is 1. The first-order valence-corrected chi connectivity index (χ1v) is 10.1. The van der Waals surface area contributed by atoms with Gasteiger partial charge in [-0.1, -0.05) is 6.07 Å². The van der Waals surface area contributed by atoms with Crippen molar-refractivity contribution < 1.29 is 14.3 Å². The second-order valence-corrected chi connectivity index (χ2v) is 7.83. The smallest absolute Gasteiger partial charge is 0.337 e. The van der Waals surface area contributed by atoms with Crippen LogP contribution in [0.15, 0.2) is 30.5 Å². The van der Waals surface area contributed by atoms with Gasteiger partial charge in [0.25, 0.3) is 5.91 Å². The molecule has 0 bridgehead atoms. The number of carbonyl (C=O) groups excluding carboxylic acids is 2. The molecule has 1 aliphatic rings. The van der Waals surface area contributed by atoms with Crippen LogP contribution in [0.5, 0.6) is 0 Å². The SMILES string of the molecule is COC(=O)c1cccc(C(=O)NC2CCC(Nc3ncc(C)c(N(C)C)n3)CC2)c1. The zero-order valence-electron chi connectivity index (χ0n) is 17.9. The number of hydrogen-bond donors (Lipinski definition) is 2. The van der Waals surface area contributed by atoms with Gasteiger partial charge in [0.05, 0.1) is 12.7 Å². The van der Waals surface area contributed by atoms with Crippen LogP contribution in [-0.4, -0.2) is 55.1 Å². The first-order chi connectivity index (χ1) is 14.4. The van der Waals surface area contributed by atoms with Crippen molar-refractivity contribution in [1.82, 2.24) is 15.3 Å². The fourth-order valence-corrected chi connectivity index (χ4v) is 3.69. The molecule has 1 aromatic carbocycles. The summed E-state index contributed by atoms with van der Waals surface area (Å²) >= 11 is 0. The van der Waals surface area contributed by atoms with E-state index >= 15 is 0 Å². The second kappa shape index (κ2) is 9.56.